The number of nitrogens with zero attached hydrogens (tertiary/aromatic N) is 1. The van der Waals surface area contributed by atoms with E-state index in [4.69, 9.17) is 9.47 Å². The smallest absolute Gasteiger partial charge is 0.339 e. The van der Waals surface area contributed by atoms with Crippen molar-refractivity contribution in [2.75, 3.05) is 27.2 Å². The second-order valence-corrected chi connectivity index (χ2v) is 8.77. The van der Waals surface area contributed by atoms with Crippen LogP contribution in [-0.4, -0.2) is 49.6 Å². The Morgan fingerprint density at radius 3 is 2.71 bits per heavy atom. The Balaban J connectivity index is 1.46. The number of ether oxygens (including phenoxy) is 2. The summed E-state index contributed by atoms with van der Waals surface area (Å²) in [4.78, 5) is 27.9. The van der Waals surface area contributed by atoms with E-state index < -0.39 is 11.6 Å². The van der Waals surface area contributed by atoms with Crippen molar-refractivity contribution >= 4 is 11.9 Å². The SMILES string of the molecule is COc1ccc(C2C(CNC(=O)C3(C)Cc4ccccc4C(=O)O3)CCCN2C)cc1. The maximum absolute atomic E-state index is 13.1. The van der Waals surface area contributed by atoms with Gasteiger partial charge in [0.1, 0.15) is 5.75 Å². The lowest BCUT2D eigenvalue weighted by atomic mass is 9.84. The third-order valence-corrected chi connectivity index (χ3v) is 6.55. The topological polar surface area (TPSA) is 67.9 Å². The highest BCUT2D eigenvalue weighted by Crippen LogP contribution is 2.36. The van der Waals surface area contributed by atoms with E-state index >= 15 is 0 Å². The van der Waals surface area contributed by atoms with Gasteiger partial charge in [0, 0.05) is 19.0 Å². The predicted molar refractivity (Wildman–Crippen MR) is 118 cm³/mol. The highest BCUT2D eigenvalue weighted by molar-refractivity contribution is 5.97. The maximum atomic E-state index is 13.1. The van der Waals surface area contributed by atoms with Crippen molar-refractivity contribution in [2.45, 2.75) is 37.8 Å². The molecule has 1 N–H and O–H groups in total. The summed E-state index contributed by atoms with van der Waals surface area (Å²) in [6.07, 6.45) is 2.50. The van der Waals surface area contributed by atoms with Crippen LogP contribution in [0.25, 0.3) is 0 Å². The van der Waals surface area contributed by atoms with E-state index in [-0.39, 0.29) is 17.9 Å². The molecule has 0 radical (unpaired) electrons. The van der Waals surface area contributed by atoms with Crippen LogP contribution in [0.1, 0.15) is 47.3 Å². The van der Waals surface area contributed by atoms with Gasteiger partial charge < -0.3 is 14.8 Å². The lowest BCUT2D eigenvalue weighted by Crippen LogP contribution is -2.53. The molecule has 3 unspecified atom stereocenters. The van der Waals surface area contributed by atoms with E-state index in [1.807, 2.05) is 30.3 Å². The Morgan fingerprint density at radius 2 is 1.97 bits per heavy atom. The molecule has 0 saturated carbocycles. The summed E-state index contributed by atoms with van der Waals surface area (Å²) in [6, 6.07) is 15.7. The molecular weight excluding hydrogens is 392 g/mol. The van der Waals surface area contributed by atoms with E-state index in [0.29, 0.717) is 18.5 Å². The standard InChI is InChI=1S/C25H30N2O4/c1-25(15-18-7-4-5-9-21(18)23(28)31-25)24(29)26-16-19-8-6-14-27(2)22(19)17-10-12-20(30-3)13-11-17/h4-5,7,9-13,19,22H,6,8,14-16H2,1-3H3,(H,26,29). The normalized spacial score (nSPS) is 26.0. The molecule has 0 bridgehead atoms. The fourth-order valence-corrected chi connectivity index (χ4v) is 4.87. The largest absolute Gasteiger partial charge is 0.497 e. The Bertz CT molecular complexity index is 958. The Morgan fingerprint density at radius 1 is 1.23 bits per heavy atom. The molecule has 6 nitrogen and oxygen atoms in total. The third kappa shape index (κ3) is 4.30. The maximum Gasteiger partial charge on any atom is 0.339 e. The average molecular weight is 423 g/mol. The van der Waals surface area contributed by atoms with Crippen molar-refractivity contribution in [3.63, 3.8) is 0 Å². The second-order valence-electron chi connectivity index (χ2n) is 8.77. The van der Waals surface area contributed by atoms with Gasteiger partial charge in [0.2, 0.25) is 0 Å². The first-order chi connectivity index (χ1) is 14.9. The number of hydrogen-bond acceptors (Lipinski definition) is 5. The summed E-state index contributed by atoms with van der Waals surface area (Å²) in [5, 5.41) is 3.09. The van der Waals surface area contributed by atoms with Crippen molar-refractivity contribution in [2.24, 2.45) is 5.92 Å². The van der Waals surface area contributed by atoms with Gasteiger partial charge in [-0.15, -0.1) is 0 Å². The molecule has 2 aromatic carbocycles. The van der Waals surface area contributed by atoms with Crippen molar-refractivity contribution in [1.82, 2.24) is 10.2 Å². The van der Waals surface area contributed by atoms with Gasteiger partial charge in [-0.25, -0.2) is 4.79 Å². The monoisotopic (exact) mass is 422 g/mol. The number of benzene rings is 2. The molecule has 1 saturated heterocycles. The quantitative estimate of drug-likeness (QED) is 0.749. The number of likely N-dealkylation sites (tertiary alicyclic amines) is 1. The fourth-order valence-electron chi connectivity index (χ4n) is 4.87. The van der Waals surface area contributed by atoms with E-state index in [1.165, 1.54) is 5.56 Å². The number of nitrogens with one attached hydrogen (secondary N) is 1. The average Bonchev–Trinajstić information content (AvgIpc) is 2.77. The highest BCUT2D eigenvalue weighted by atomic mass is 16.6. The molecule has 31 heavy (non-hydrogen) atoms. The number of esters is 1. The molecule has 2 aliphatic heterocycles. The van der Waals surface area contributed by atoms with Gasteiger partial charge in [0.15, 0.2) is 5.60 Å². The number of methoxy groups -OCH3 is 1. The third-order valence-electron chi connectivity index (χ3n) is 6.55. The first-order valence-electron chi connectivity index (χ1n) is 10.8. The van der Waals surface area contributed by atoms with Gasteiger partial charge in [-0.3, -0.25) is 9.69 Å². The molecule has 0 aromatic heterocycles. The lowest BCUT2D eigenvalue weighted by Gasteiger charge is -2.40. The van der Waals surface area contributed by atoms with Gasteiger partial charge >= 0.3 is 5.97 Å². The summed E-state index contributed by atoms with van der Waals surface area (Å²) in [6.45, 7) is 3.26. The van der Waals surface area contributed by atoms with Crippen LogP contribution in [0.3, 0.4) is 0 Å². The number of piperidine rings is 1. The number of rotatable bonds is 5. The van der Waals surface area contributed by atoms with E-state index in [0.717, 1.165) is 30.7 Å². The van der Waals surface area contributed by atoms with Crippen molar-refractivity contribution in [1.29, 1.82) is 0 Å². The van der Waals surface area contributed by atoms with Gasteiger partial charge in [0.25, 0.3) is 5.91 Å². The number of carbonyl (C=O) groups is 2. The predicted octanol–water partition coefficient (Wildman–Crippen LogP) is 3.37. The minimum atomic E-state index is -1.19. The summed E-state index contributed by atoms with van der Waals surface area (Å²) in [5.74, 6) is 0.427. The molecule has 0 spiro atoms. The number of carbonyl (C=O) groups excluding carboxylic acids is 2. The van der Waals surface area contributed by atoms with Crippen LogP contribution in [0.15, 0.2) is 48.5 Å². The molecular formula is C25H30N2O4. The van der Waals surface area contributed by atoms with E-state index in [1.54, 1.807) is 20.1 Å². The Labute approximate surface area is 183 Å². The zero-order chi connectivity index (χ0) is 22.0. The molecule has 2 aromatic rings. The van der Waals surface area contributed by atoms with E-state index in [9.17, 15) is 9.59 Å². The fraction of sp³-hybridized carbons (Fsp3) is 0.440. The summed E-state index contributed by atoms with van der Waals surface area (Å²) < 4.78 is 10.9. The molecule has 6 heteroatoms. The molecule has 3 atom stereocenters. The molecule has 164 valence electrons. The van der Waals surface area contributed by atoms with Crippen molar-refractivity contribution in [3.05, 3.63) is 65.2 Å². The number of fused-ring (bicyclic) bond motifs is 1. The molecule has 1 fully saturated rings. The van der Waals surface area contributed by atoms with Gasteiger partial charge in [-0.05, 0) is 68.6 Å². The first-order valence-corrected chi connectivity index (χ1v) is 10.8. The zero-order valence-corrected chi connectivity index (χ0v) is 18.4. The number of amides is 1. The summed E-state index contributed by atoms with van der Waals surface area (Å²) >= 11 is 0. The molecule has 0 aliphatic carbocycles. The Kier molecular flexibility index (Phi) is 6.01. The van der Waals surface area contributed by atoms with Gasteiger partial charge in [0.05, 0.1) is 12.7 Å². The molecule has 4 rings (SSSR count). The highest BCUT2D eigenvalue weighted by Gasteiger charge is 2.43. The second kappa shape index (κ2) is 8.71. The van der Waals surface area contributed by atoms with Gasteiger partial charge in [-0.2, -0.15) is 0 Å². The minimum absolute atomic E-state index is 0.211. The van der Waals surface area contributed by atoms with Crippen LogP contribution in [0.5, 0.6) is 5.75 Å². The summed E-state index contributed by atoms with van der Waals surface area (Å²) in [5.41, 5.74) is 1.42. The van der Waals surface area contributed by atoms with Crippen molar-refractivity contribution < 1.29 is 19.1 Å². The minimum Gasteiger partial charge on any atom is -0.497 e. The number of cyclic esters (lactones) is 1. The molecule has 2 heterocycles. The van der Waals surface area contributed by atoms with Crippen LogP contribution in [-0.2, 0) is 16.0 Å². The number of hydrogen-bond donors (Lipinski definition) is 1. The van der Waals surface area contributed by atoms with Crippen LogP contribution in [0.4, 0.5) is 0 Å². The van der Waals surface area contributed by atoms with Crippen molar-refractivity contribution in [3.8, 4) is 5.75 Å². The lowest BCUT2D eigenvalue weighted by molar-refractivity contribution is -0.140. The Hall–Kier alpha value is -2.86. The first kappa shape index (κ1) is 21.4. The van der Waals surface area contributed by atoms with Crippen LogP contribution in [0.2, 0.25) is 0 Å². The van der Waals surface area contributed by atoms with Crippen LogP contribution < -0.4 is 10.1 Å². The van der Waals surface area contributed by atoms with Gasteiger partial charge in [-0.1, -0.05) is 30.3 Å². The zero-order valence-electron chi connectivity index (χ0n) is 18.4. The van der Waals surface area contributed by atoms with Crippen LogP contribution in [0, 0.1) is 5.92 Å². The van der Waals surface area contributed by atoms with E-state index in [2.05, 4.69) is 29.4 Å². The molecule has 1 amide bonds. The molecule has 2 aliphatic rings. The van der Waals surface area contributed by atoms with Crippen LogP contribution >= 0.6 is 0 Å². The summed E-state index contributed by atoms with van der Waals surface area (Å²) in [7, 11) is 3.79.